The molecule has 2 nitrogen and oxygen atoms in total. The van der Waals surface area contributed by atoms with E-state index in [2.05, 4.69) is 12.2 Å². The molecule has 18 heavy (non-hydrogen) atoms. The lowest BCUT2D eigenvalue weighted by molar-refractivity contribution is -0.121. The number of hydrogen-bond acceptors (Lipinski definition) is 2. The molecule has 0 saturated heterocycles. The van der Waals surface area contributed by atoms with Gasteiger partial charge in [-0.05, 0) is 37.3 Å². The minimum Gasteiger partial charge on any atom is -0.300 e. The molecule has 2 bridgehead atoms. The maximum absolute atomic E-state index is 12.7. The summed E-state index contributed by atoms with van der Waals surface area (Å²) in [4.78, 5) is 12.7. The Hall–Kier alpha value is -1.22. The van der Waals surface area contributed by atoms with Gasteiger partial charge in [0, 0.05) is 10.8 Å². The molecule has 1 aromatic carbocycles. The van der Waals surface area contributed by atoms with Crippen LogP contribution >= 0.6 is 0 Å². The fraction of sp³-hybridized carbons (Fsp3) is 0.400. The highest BCUT2D eigenvalue weighted by Crippen LogP contribution is 2.47. The highest BCUT2D eigenvalue weighted by molar-refractivity contribution is 7.85. The molecule has 0 heterocycles. The normalized spacial score (nSPS) is 34.7. The van der Waals surface area contributed by atoms with Crippen LogP contribution in [0.5, 0.6) is 0 Å². The molecular formula is C15H16O2S. The predicted octanol–water partition coefficient (Wildman–Crippen LogP) is 2.57. The van der Waals surface area contributed by atoms with E-state index in [1.54, 1.807) is 6.92 Å². The first-order valence-corrected chi connectivity index (χ1v) is 7.54. The average molecular weight is 260 g/mol. The van der Waals surface area contributed by atoms with Gasteiger partial charge in [-0.25, -0.2) is 0 Å². The summed E-state index contributed by atoms with van der Waals surface area (Å²) in [6, 6.07) is 9.51. The van der Waals surface area contributed by atoms with Gasteiger partial charge in [-0.2, -0.15) is 0 Å². The summed E-state index contributed by atoms with van der Waals surface area (Å²) < 4.78 is 12.7. The molecule has 0 N–H and O–H groups in total. The van der Waals surface area contributed by atoms with Gasteiger partial charge in [0.1, 0.15) is 5.78 Å². The lowest BCUT2D eigenvalue weighted by Gasteiger charge is -2.25. The highest BCUT2D eigenvalue weighted by atomic mass is 32.2. The van der Waals surface area contributed by atoms with E-state index >= 15 is 0 Å². The number of rotatable bonds is 3. The number of allylic oxidation sites excluding steroid dienone is 2. The Kier molecular flexibility index (Phi) is 2.94. The Morgan fingerprint density at radius 1 is 1.17 bits per heavy atom. The molecule has 0 aromatic heterocycles. The van der Waals surface area contributed by atoms with E-state index in [1.165, 1.54) is 0 Å². The van der Waals surface area contributed by atoms with Gasteiger partial charge in [-0.3, -0.25) is 9.00 Å². The quantitative estimate of drug-likeness (QED) is 0.783. The fourth-order valence-electron chi connectivity index (χ4n) is 3.31. The van der Waals surface area contributed by atoms with Crippen LogP contribution < -0.4 is 0 Å². The average Bonchev–Trinajstić information content (AvgIpc) is 2.99. The molecule has 2 aliphatic rings. The van der Waals surface area contributed by atoms with Gasteiger partial charge in [-0.1, -0.05) is 30.4 Å². The van der Waals surface area contributed by atoms with Gasteiger partial charge in [0.2, 0.25) is 0 Å². The second-order valence-electron chi connectivity index (χ2n) is 5.16. The number of carbonyl (C=O) groups is 1. The van der Waals surface area contributed by atoms with Crippen molar-refractivity contribution < 1.29 is 9.00 Å². The van der Waals surface area contributed by atoms with Crippen molar-refractivity contribution >= 4 is 16.6 Å². The van der Waals surface area contributed by atoms with E-state index in [0.29, 0.717) is 11.8 Å². The first-order chi connectivity index (χ1) is 8.68. The van der Waals surface area contributed by atoms with E-state index in [9.17, 15) is 9.00 Å². The molecule has 1 fully saturated rings. The first kappa shape index (κ1) is 11.8. The Bertz CT molecular complexity index is 521. The lowest BCUT2D eigenvalue weighted by Crippen LogP contribution is -2.34. The van der Waals surface area contributed by atoms with Gasteiger partial charge in [0.05, 0.1) is 16.0 Å². The lowest BCUT2D eigenvalue weighted by atomic mass is 9.90. The molecule has 0 amide bonds. The van der Waals surface area contributed by atoms with Crippen molar-refractivity contribution in [3.63, 3.8) is 0 Å². The molecule has 1 saturated carbocycles. The molecule has 3 heteroatoms. The standard InChI is InChI=1S/C15H16O2S/c1-10(16)14-11-7-8-12(9-11)15(14)18(17)13-5-3-2-4-6-13/h2-8,11-12,14-15H,9H2,1H3. The van der Waals surface area contributed by atoms with E-state index in [1.807, 2.05) is 30.3 Å². The van der Waals surface area contributed by atoms with Crippen LogP contribution in [0.4, 0.5) is 0 Å². The minimum absolute atomic E-state index is 0.0279. The molecule has 2 aliphatic carbocycles. The zero-order valence-corrected chi connectivity index (χ0v) is 11.1. The summed E-state index contributed by atoms with van der Waals surface area (Å²) in [5, 5.41) is -0.0279. The first-order valence-electron chi connectivity index (χ1n) is 6.33. The van der Waals surface area contributed by atoms with Crippen molar-refractivity contribution in [2.24, 2.45) is 17.8 Å². The summed E-state index contributed by atoms with van der Waals surface area (Å²) in [5.74, 6) is 0.747. The van der Waals surface area contributed by atoms with Crippen LogP contribution in [0.1, 0.15) is 13.3 Å². The largest absolute Gasteiger partial charge is 0.300 e. The maximum Gasteiger partial charge on any atom is 0.134 e. The molecule has 3 rings (SSSR count). The molecular weight excluding hydrogens is 244 g/mol. The SMILES string of the molecule is CC(=O)C1C2C=CC(C2)C1S(=O)c1ccccc1. The van der Waals surface area contributed by atoms with Gasteiger partial charge < -0.3 is 0 Å². The van der Waals surface area contributed by atoms with Crippen LogP contribution in [0.25, 0.3) is 0 Å². The monoisotopic (exact) mass is 260 g/mol. The summed E-state index contributed by atoms with van der Waals surface area (Å²) in [6.45, 7) is 1.63. The van der Waals surface area contributed by atoms with Crippen molar-refractivity contribution in [3.05, 3.63) is 42.5 Å². The zero-order valence-electron chi connectivity index (χ0n) is 10.3. The Labute approximate surface area is 110 Å². The number of Topliss-reactive ketones (excluding diaryl/α,β-unsaturated/α-hetero) is 1. The summed E-state index contributed by atoms with van der Waals surface area (Å²) in [5.41, 5.74) is 0. The third kappa shape index (κ3) is 1.77. The van der Waals surface area contributed by atoms with Gasteiger partial charge in [0.15, 0.2) is 0 Å². The Morgan fingerprint density at radius 3 is 2.50 bits per heavy atom. The smallest absolute Gasteiger partial charge is 0.134 e. The summed E-state index contributed by atoms with van der Waals surface area (Å²) >= 11 is 0. The molecule has 0 aliphatic heterocycles. The highest BCUT2D eigenvalue weighted by Gasteiger charge is 2.49. The third-order valence-electron chi connectivity index (χ3n) is 4.08. The van der Waals surface area contributed by atoms with Crippen LogP contribution in [0.3, 0.4) is 0 Å². The molecule has 5 atom stereocenters. The van der Waals surface area contributed by atoms with Crippen molar-refractivity contribution in [2.75, 3.05) is 0 Å². The third-order valence-corrected chi connectivity index (χ3v) is 5.95. The predicted molar refractivity (Wildman–Crippen MR) is 71.5 cm³/mol. The Balaban J connectivity index is 1.94. The van der Waals surface area contributed by atoms with Crippen molar-refractivity contribution in [1.82, 2.24) is 0 Å². The van der Waals surface area contributed by atoms with Crippen molar-refractivity contribution in [3.8, 4) is 0 Å². The molecule has 1 aromatic rings. The fourth-order valence-corrected chi connectivity index (χ4v) is 5.23. The molecule has 5 unspecified atom stereocenters. The van der Waals surface area contributed by atoms with Crippen LogP contribution in [-0.4, -0.2) is 15.2 Å². The van der Waals surface area contributed by atoms with E-state index in [4.69, 9.17) is 0 Å². The van der Waals surface area contributed by atoms with Crippen LogP contribution in [-0.2, 0) is 15.6 Å². The van der Waals surface area contributed by atoms with Crippen LogP contribution in [0.2, 0.25) is 0 Å². The number of fused-ring (bicyclic) bond motifs is 2. The number of ketones is 1. The van der Waals surface area contributed by atoms with Crippen molar-refractivity contribution in [1.29, 1.82) is 0 Å². The Morgan fingerprint density at radius 2 is 1.83 bits per heavy atom. The maximum atomic E-state index is 12.7. The molecule has 0 radical (unpaired) electrons. The van der Waals surface area contributed by atoms with E-state index in [-0.39, 0.29) is 17.0 Å². The number of benzene rings is 1. The molecule has 94 valence electrons. The second-order valence-corrected chi connectivity index (χ2v) is 6.77. The van der Waals surface area contributed by atoms with Gasteiger partial charge in [0.25, 0.3) is 0 Å². The number of carbonyl (C=O) groups excluding carboxylic acids is 1. The van der Waals surface area contributed by atoms with Gasteiger partial charge >= 0.3 is 0 Å². The summed E-state index contributed by atoms with van der Waals surface area (Å²) in [7, 11) is -1.08. The summed E-state index contributed by atoms with van der Waals surface area (Å²) in [6.07, 6.45) is 5.28. The number of hydrogen-bond donors (Lipinski definition) is 0. The topological polar surface area (TPSA) is 34.1 Å². The second kappa shape index (κ2) is 4.47. The van der Waals surface area contributed by atoms with E-state index < -0.39 is 10.8 Å². The zero-order chi connectivity index (χ0) is 12.7. The van der Waals surface area contributed by atoms with Crippen molar-refractivity contribution in [2.45, 2.75) is 23.5 Å². The molecule has 0 spiro atoms. The van der Waals surface area contributed by atoms with Crippen LogP contribution in [0.15, 0.2) is 47.4 Å². The van der Waals surface area contributed by atoms with Gasteiger partial charge in [-0.15, -0.1) is 0 Å². The van der Waals surface area contributed by atoms with E-state index in [0.717, 1.165) is 11.3 Å². The van der Waals surface area contributed by atoms with Crippen LogP contribution in [0, 0.1) is 17.8 Å². The minimum atomic E-state index is -1.08.